The van der Waals surface area contributed by atoms with Crippen molar-refractivity contribution in [3.8, 4) is 5.69 Å². The van der Waals surface area contributed by atoms with Crippen molar-refractivity contribution in [3.63, 3.8) is 0 Å². The predicted molar refractivity (Wildman–Crippen MR) is 83.3 cm³/mol. The number of hydrogen-bond acceptors (Lipinski definition) is 4. The van der Waals surface area contributed by atoms with Crippen molar-refractivity contribution in [2.45, 2.75) is 25.9 Å². The molecule has 0 aliphatic carbocycles. The number of benzene rings is 1. The Morgan fingerprint density at radius 3 is 2.86 bits per heavy atom. The molecule has 112 valence electrons. The van der Waals surface area contributed by atoms with Crippen molar-refractivity contribution < 1.29 is 0 Å². The van der Waals surface area contributed by atoms with E-state index in [0.29, 0.717) is 12.0 Å². The topological polar surface area (TPSA) is 46.0 Å². The molecule has 1 fully saturated rings. The van der Waals surface area contributed by atoms with Gasteiger partial charge in [0.05, 0.1) is 17.6 Å². The Balaban J connectivity index is 1.58. The lowest BCUT2D eigenvalue weighted by Gasteiger charge is -2.35. The number of rotatable bonds is 4. The van der Waals surface area contributed by atoms with Crippen LogP contribution in [0.4, 0.5) is 0 Å². The minimum atomic E-state index is 0.572. The van der Waals surface area contributed by atoms with Gasteiger partial charge in [0.2, 0.25) is 0 Å². The van der Waals surface area contributed by atoms with E-state index in [1.165, 1.54) is 13.0 Å². The second kappa shape index (κ2) is 6.37. The number of hydrogen-bond donors (Lipinski definition) is 1. The summed E-state index contributed by atoms with van der Waals surface area (Å²) in [5.74, 6) is 0.674. The minimum absolute atomic E-state index is 0.572. The van der Waals surface area contributed by atoms with E-state index in [0.717, 1.165) is 24.5 Å². The Morgan fingerprint density at radius 2 is 2.10 bits per heavy atom. The van der Waals surface area contributed by atoms with Gasteiger partial charge in [-0.1, -0.05) is 25.1 Å². The largest absolute Gasteiger partial charge is 0.308 e. The van der Waals surface area contributed by atoms with Crippen molar-refractivity contribution in [1.29, 1.82) is 0 Å². The first-order chi connectivity index (χ1) is 10.2. The van der Waals surface area contributed by atoms with Gasteiger partial charge >= 0.3 is 0 Å². The summed E-state index contributed by atoms with van der Waals surface area (Å²) in [4.78, 5) is 4.09. The number of nitrogens with one attached hydrogen (secondary N) is 1. The molecule has 21 heavy (non-hydrogen) atoms. The number of aromatic nitrogens is 3. The Bertz CT molecular complexity index is 565. The summed E-state index contributed by atoms with van der Waals surface area (Å²) in [6, 6.07) is 10.6. The monoisotopic (exact) mass is 285 g/mol. The molecule has 2 heterocycles. The number of piperidine rings is 1. The fourth-order valence-corrected chi connectivity index (χ4v) is 2.95. The molecule has 5 heteroatoms. The fourth-order valence-electron chi connectivity index (χ4n) is 2.95. The lowest BCUT2D eigenvalue weighted by molar-refractivity contribution is 0.174. The van der Waals surface area contributed by atoms with E-state index >= 15 is 0 Å². The highest BCUT2D eigenvalue weighted by Crippen LogP contribution is 2.15. The maximum Gasteiger partial charge on any atom is 0.0969 e. The summed E-state index contributed by atoms with van der Waals surface area (Å²) in [6.07, 6.45) is 3.05. The first-order valence-corrected chi connectivity index (χ1v) is 7.61. The zero-order valence-electron chi connectivity index (χ0n) is 12.7. The third-order valence-electron chi connectivity index (χ3n) is 4.18. The zero-order chi connectivity index (χ0) is 14.7. The van der Waals surface area contributed by atoms with Crippen molar-refractivity contribution in [2.75, 3.05) is 20.1 Å². The highest BCUT2D eigenvalue weighted by Gasteiger charge is 2.23. The normalized spacial score (nSPS) is 23.3. The molecule has 1 aliphatic heterocycles. The van der Waals surface area contributed by atoms with Crippen molar-refractivity contribution in [1.82, 2.24) is 25.2 Å². The number of para-hydroxylation sites is 1. The van der Waals surface area contributed by atoms with Crippen molar-refractivity contribution in [2.24, 2.45) is 5.92 Å². The molecule has 2 aromatic rings. The van der Waals surface area contributed by atoms with Crippen LogP contribution in [0.5, 0.6) is 0 Å². The van der Waals surface area contributed by atoms with Gasteiger partial charge < -0.3 is 10.2 Å². The Hall–Kier alpha value is -1.72. The van der Waals surface area contributed by atoms with Gasteiger partial charge in [-0.05, 0) is 38.1 Å². The molecule has 0 amide bonds. The number of likely N-dealkylation sites (tertiary alicyclic amines) is 1. The minimum Gasteiger partial charge on any atom is -0.308 e. The SMILES string of the molecule is CC1CN(C)CCC1NCc1cnn(-c2ccccc2)n1. The molecular weight excluding hydrogens is 262 g/mol. The molecule has 1 saturated heterocycles. The fraction of sp³-hybridized carbons (Fsp3) is 0.500. The van der Waals surface area contributed by atoms with Crippen LogP contribution in [-0.4, -0.2) is 46.1 Å². The van der Waals surface area contributed by atoms with Gasteiger partial charge in [-0.3, -0.25) is 0 Å². The first-order valence-electron chi connectivity index (χ1n) is 7.61. The smallest absolute Gasteiger partial charge is 0.0969 e. The molecule has 2 atom stereocenters. The van der Waals surface area contributed by atoms with Gasteiger partial charge in [-0.2, -0.15) is 15.0 Å². The van der Waals surface area contributed by atoms with Gasteiger partial charge in [0.25, 0.3) is 0 Å². The standard InChI is InChI=1S/C16H23N5/c1-13-12-20(2)9-8-16(13)17-10-14-11-18-21(19-14)15-6-4-3-5-7-15/h3-7,11,13,16-17H,8-10,12H2,1-2H3. The lowest BCUT2D eigenvalue weighted by Crippen LogP contribution is -2.46. The van der Waals surface area contributed by atoms with Crippen molar-refractivity contribution >= 4 is 0 Å². The summed E-state index contributed by atoms with van der Waals surface area (Å²) < 4.78 is 0. The van der Waals surface area contributed by atoms with Crippen molar-refractivity contribution in [3.05, 3.63) is 42.2 Å². The van der Waals surface area contributed by atoms with Crippen LogP contribution in [-0.2, 0) is 6.54 Å². The Labute approximate surface area is 126 Å². The van der Waals surface area contributed by atoms with Crippen LogP contribution in [0.15, 0.2) is 36.5 Å². The van der Waals surface area contributed by atoms with E-state index in [4.69, 9.17) is 0 Å². The van der Waals surface area contributed by atoms with E-state index in [-0.39, 0.29) is 0 Å². The van der Waals surface area contributed by atoms with Crippen LogP contribution in [0.2, 0.25) is 0 Å². The molecule has 0 spiro atoms. The lowest BCUT2D eigenvalue weighted by atomic mass is 9.94. The molecule has 3 rings (SSSR count). The molecule has 1 aromatic heterocycles. The number of nitrogens with zero attached hydrogens (tertiary/aromatic N) is 4. The quantitative estimate of drug-likeness (QED) is 0.929. The van der Waals surface area contributed by atoms with Gasteiger partial charge in [-0.15, -0.1) is 0 Å². The van der Waals surface area contributed by atoms with Crippen LogP contribution in [0.1, 0.15) is 19.0 Å². The second-order valence-corrected chi connectivity index (χ2v) is 5.98. The van der Waals surface area contributed by atoms with Crippen LogP contribution < -0.4 is 5.32 Å². The maximum absolute atomic E-state index is 4.54. The molecule has 2 unspecified atom stereocenters. The summed E-state index contributed by atoms with van der Waals surface area (Å²) >= 11 is 0. The highest BCUT2D eigenvalue weighted by molar-refractivity contribution is 5.28. The predicted octanol–water partition coefficient (Wildman–Crippen LogP) is 1.70. The Kier molecular flexibility index (Phi) is 4.31. The molecule has 1 N–H and O–H groups in total. The van der Waals surface area contributed by atoms with Gasteiger partial charge in [0.1, 0.15) is 0 Å². The first kappa shape index (κ1) is 14.2. The molecular formula is C16H23N5. The third kappa shape index (κ3) is 3.49. The van der Waals surface area contributed by atoms with Gasteiger partial charge in [-0.25, -0.2) is 0 Å². The third-order valence-corrected chi connectivity index (χ3v) is 4.18. The Morgan fingerprint density at radius 1 is 1.29 bits per heavy atom. The molecule has 1 aromatic carbocycles. The van der Waals surface area contributed by atoms with Crippen LogP contribution >= 0.6 is 0 Å². The molecule has 0 radical (unpaired) electrons. The summed E-state index contributed by atoms with van der Waals surface area (Å²) in [5.41, 5.74) is 1.99. The van der Waals surface area contributed by atoms with E-state index in [2.05, 4.69) is 34.4 Å². The van der Waals surface area contributed by atoms with Crippen LogP contribution in [0.25, 0.3) is 5.69 Å². The maximum atomic E-state index is 4.54. The molecule has 1 aliphatic rings. The van der Waals surface area contributed by atoms with Crippen LogP contribution in [0.3, 0.4) is 0 Å². The van der Waals surface area contributed by atoms with E-state index in [1.807, 2.05) is 36.5 Å². The average Bonchev–Trinajstić information content (AvgIpc) is 2.96. The van der Waals surface area contributed by atoms with Gasteiger partial charge in [0.15, 0.2) is 0 Å². The second-order valence-electron chi connectivity index (χ2n) is 5.98. The molecule has 0 saturated carbocycles. The summed E-state index contributed by atoms with van der Waals surface area (Å²) in [7, 11) is 2.19. The van der Waals surface area contributed by atoms with Gasteiger partial charge in [0, 0.05) is 19.1 Å². The van der Waals surface area contributed by atoms with E-state index in [1.54, 1.807) is 4.80 Å². The molecule has 0 bridgehead atoms. The average molecular weight is 285 g/mol. The summed E-state index contributed by atoms with van der Waals surface area (Å²) in [5, 5.41) is 12.5. The van der Waals surface area contributed by atoms with E-state index in [9.17, 15) is 0 Å². The summed E-state index contributed by atoms with van der Waals surface area (Å²) in [6.45, 7) is 5.42. The van der Waals surface area contributed by atoms with E-state index < -0.39 is 0 Å². The van der Waals surface area contributed by atoms with Crippen LogP contribution in [0, 0.1) is 5.92 Å². The highest BCUT2D eigenvalue weighted by atomic mass is 15.5. The molecule has 5 nitrogen and oxygen atoms in total. The zero-order valence-corrected chi connectivity index (χ0v) is 12.7.